The standard InChI is InChI=1S/C15H22ClFO/c1-3-4-5-6-7-8-14(16)13-11-12(17)9-10-15(13)18-2/h9-11,14H,3-8H2,1-2H3. The molecule has 1 atom stereocenters. The molecule has 0 radical (unpaired) electrons. The molecular formula is C15H22ClFO. The van der Waals surface area contributed by atoms with Crippen LogP contribution >= 0.6 is 11.6 Å². The van der Waals surface area contributed by atoms with Crippen LogP contribution in [0.3, 0.4) is 0 Å². The molecule has 1 aromatic rings. The van der Waals surface area contributed by atoms with Gasteiger partial charge in [-0.15, -0.1) is 11.6 Å². The summed E-state index contributed by atoms with van der Waals surface area (Å²) < 4.78 is 18.4. The lowest BCUT2D eigenvalue weighted by atomic mass is 10.0. The van der Waals surface area contributed by atoms with Crippen LogP contribution in [0.25, 0.3) is 0 Å². The second-order valence-corrected chi connectivity index (χ2v) is 5.08. The summed E-state index contributed by atoms with van der Waals surface area (Å²) in [6, 6.07) is 4.51. The molecule has 0 saturated heterocycles. The van der Waals surface area contributed by atoms with Crippen molar-refractivity contribution in [1.82, 2.24) is 0 Å². The van der Waals surface area contributed by atoms with Gasteiger partial charge in [0.25, 0.3) is 0 Å². The molecule has 102 valence electrons. The Hall–Kier alpha value is -0.760. The van der Waals surface area contributed by atoms with Crippen molar-refractivity contribution >= 4 is 11.6 Å². The minimum Gasteiger partial charge on any atom is -0.496 e. The molecule has 0 N–H and O–H groups in total. The second kappa shape index (κ2) is 8.36. The van der Waals surface area contributed by atoms with Crippen molar-refractivity contribution in [3.8, 4) is 5.75 Å². The van der Waals surface area contributed by atoms with Crippen molar-refractivity contribution < 1.29 is 9.13 Å². The number of methoxy groups -OCH3 is 1. The van der Waals surface area contributed by atoms with Crippen LogP contribution in [0.4, 0.5) is 4.39 Å². The molecule has 0 aromatic heterocycles. The van der Waals surface area contributed by atoms with Gasteiger partial charge in [-0.2, -0.15) is 0 Å². The monoisotopic (exact) mass is 272 g/mol. The molecule has 1 aromatic carbocycles. The summed E-state index contributed by atoms with van der Waals surface area (Å²) in [5.74, 6) is 0.410. The van der Waals surface area contributed by atoms with Gasteiger partial charge in [-0.25, -0.2) is 4.39 Å². The van der Waals surface area contributed by atoms with Gasteiger partial charge in [0.05, 0.1) is 12.5 Å². The van der Waals surface area contributed by atoms with Crippen LogP contribution in [0.5, 0.6) is 5.75 Å². The van der Waals surface area contributed by atoms with Crippen LogP contribution in [0.2, 0.25) is 0 Å². The SMILES string of the molecule is CCCCCCCC(Cl)c1cc(F)ccc1OC. The molecule has 1 nitrogen and oxygen atoms in total. The van der Waals surface area contributed by atoms with E-state index >= 15 is 0 Å². The summed E-state index contributed by atoms with van der Waals surface area (Å²) >= 11 is 6.33. The van der Waals surface area contributed by atoms with Crippen LogP contribution in [0, 0.1) is 5.82 Å². The highest BCUT2D eigenvalue weighted by Gasteiger charge is 2.14. The fraction of sp³-hybridized carbons (Fsp3) is 0.600. The lowest BCUT2D eigenvalue weighted by Gasteiger charge is -2.14. The maximum Gasteiger partial charge on any atom is 0.123 e. The molecule has 0 amide bonds. The van der Waals surface area contributed by atoms with E-state index < -0.39 is 0 Å². The lowest BCUT2D eigenvalue weighted by Crippen LogP contribution is -1.97. The van der Waals surface area contributed by atoms with Crippen molar-refractivity contribution in [3.05, 3.63) is 29.6 Å². The minimum atomic E-state index is -0.262. The molecule has 1 rings (SSSR count). The third-order valence-corrected chi connectivity index (χ3v) is 3.54. The highest BCUT2D eigenvalue weighted by molar-refractivity contribution is 6.21. The molecule has 1 unspecified atom stereocenters. The molecule has 0 bridgehead atoms. The molecule has 0 saturated carbocycles. The van der Waals surface area contributed by atoms with Gasteiger partial charge in [-0.3, -0.25) is 0 Å². The van der Waals surface area contributed by atoms with Crippen LogP contribution in [-0.2, 0) is 0 Å². The number of rotatable bonds is 8. The van der Waals surface area contributed by atoms with E-state index in [0.29, 0.717) is 5.75 Å². The average Bonchev–Trinajstić information content (AvgIpc) is 2.38. The van der Waals surface area contributed by atoms with Gasteiger partial charge in [-0.1, -0.05) is 39.0 Å². The summed E-state index contributed by atoms with van der Waals surface area (Å²) in [6.07, 6.45) is 6.90. The molecule has 0 aliphatic carbocycles. The van der Waals surface area contributed by atoms with Crippen molar-refractivity contribution in [2.24, 2.45) is 0 Å². The van der Waals surface area contributed by atoms with Crippen molar-refractivity contribution in [2.45, 2.75) is 50.8 Å². The fourth-order valence-electron chi connectivity index (χ4n) is 2.03. The summed E-state index contributed by atoms with van der Waals surface area (Å²) in [7, 11) is 1.58. The quantitative estimate of drug-likeness (QED) is 0.450. The highest BCUT2D eigenvalue weighted by atomic mass is 35.5. The van der Waals surface area contributed by atoms with E-state index in [1.807, 2.05) is 0 Å². The maximum atomic E-state index is 13.2. The van der Waals surface area contributed by atoms with E-state index in [0.717, 1.165) is 18.4 Å². The predicted octanol–water partition coefficient (Wildman–Crippen LogP) is 5.47. The molecule has 0 aliphatic heterocycles. The number of unbranched alkanes of at least 4 members (excludes halogenated alkanes) is 4. The third-order valence-electron chi connectivity index (χ3n) is 3.09. The number of hydrogen-bond donors (Lipinski definition) is 0. The summed E-state index contributed by atoms with van der Waals surface area (Å²) in [5, 5.41) is -0.169. The lowest BCUT2D eigenvalue weighted by molar-refractivity contribution is 0.406. The zero-order chi connectivity index (χ0) is 13.4. The topological polar surface area (TPSA) is 9.23 Å². The average molecular weight is 273 g/mol. The molecular weight excluding hydrogens is 251 g/mol. The number of alkyl halides is 1. The number of ether oxygens (including phenoxy) is 1. The van der Waals surface area contributed by atoms with Crippen LogP contribution in [-0.4, -0.2) is 7.11 Å². The van der Waals surface area contributed by atoms with E-state index in [1.54, 1.807) is 13.2 Å². The Morgan fingerprint density at radius 2 is 1.94 bits per heavy atom. The highest BCUT2D eigenvalue weighted by Crippen LogP contribution is 2.34. The van der Waals surface area contributed by atoms with Gasteiger partial charge >= 0.3 is 0 Å². The van der Waals surface area contributed by atoms with E-state index in [1.165, 1.54) is 37.8 Å². The Morgan fingerprint density at radius 1 is 1.22 bits per heavy atom. The normalized spacial score (nSPS) is 12.4. The Balaban J connectivity index is 2.49. The van der Waals surface area contributed by atoms with Gasteiger partial charge in [0.15, 0.2) is 0 Å². The largest absolute Gasteiger partial charge is 0.496 e. The van der Waals surface area contributed by atoms with Crippen molar-refractivity contribution in [2.75, 3.05) is 7.11 Å². The van der Waals surface area contributed by atoms with E-state index in [9.17, 15) is 4.39 Å². The van der Waals surface area contributed by atoms with Crippen molar-refractivity contribution in [1.29, 1.82) is 0 Å². The third kappa shape index (κ3) is 4.85. The second-order valence-electron chi connectivity index (χ2n) is 4.56. The van der Waals surface area contributed by atoms with Crippen LogP contribution in [0.1, 0.15) is 56.4 Å². The summed E-state index contributed by atoms with van der Waals surface area (Å²) in [5.41, 5.74) is 0.759. The Morgan fingerprint density at radius 3 is 2.61 bits per heavy atom. The van der Waals surface area contributed by atoms with Gasteiger partial charge < -0.3 is 4.74 Å². The number of hydrogen-bond acceptors (Lipinski definition) is 1. The Labute approximate surface area is 114 Å². The molecule has 0 spiro atoms. The van der Waals surface area contributed by atoms with E-state index in [4.69, 9.17) is 16.3 Å². The maximum absolute atomic E-state index is 13.2. The Kier molecular flexibility index (Phi) is 7.11. The summed E-state index contributed by atoms with van der Waals surface area (Å²) in [4.78, 5) is 0. The minimum absolute atomic E-state index is 0.169. The van der Waals surface area contributed by atoms with Gasteiger partial charge in [-0.05, 0) is 24.6 Å². The first-order chi connectivity index (χ1) is 8.69. The first-order valence-corrected chi connectivity index (χ1v) is 7.10. The predicted molar refractivity (Wildman–Crippen MR) is 74.9 cm³/mol. The van der Waals surface area contributed by atoms with Gasteiger partial charge in [0, 0.05) is 5.56 Å². The van der Waals surface area contributed by atoms with Gasteiger partial charge in [0.1, 0.15) is 11.6 Å². The van der Waals surface area contributed by atoms with Crippen LogP contribution < -0.4 is 4.74 Å². The first kappa shape index (κ1) is 15.3. The first-order valence-electron chi connectivity index (χ1n) is 6.66. The zero-order valence-electron chi connectivity index (χ0n) is 11.2. The zero-order valence-corrected chi connectivity index (χ0v) is 12.0. The van der Waals surface area contributed by atoms with E-state index in [-0.39, 0.29) is 11.2 Å². The Bertz CT molecular complexity index is 354. The molecule has 0 aliphatic rings. The smallest absolute Gasteiger partial charge is 0.123 e. The van der Waals surface area contributed by atoms with Gasteiger partial charge in [0.2, 0.25) is 0 Å². The van der Waals surface area contributed by atoms with E-state index in [2.05, 4.69) is 6.92 Å². The number of halogens is 2. The molecule has 0 fully saturated rings. The molecule has 18 heavy (non-hydrogen) atoms. The molecule has 0 heterocycles. The fourth-order valence-corrected chi connectivity index (χ4v) is 2.36. The molecule has 3 heteroatoms. The van der Waals surface area contributed by atoms with Crippen molar-refractivity contribution in [3.63, 3.8) is 0 Å². The number of benzene rings is 1. The van der Waals surface area contributed by atoms with Crippen LogP contribution in [0.15, 0.2) is 18.2 Å². The summed E-state index contributed by atoms with van der Waals surface area (Å²) in [6.45, 7) is 2.20.